The molecule has 0 saturated carbocycles. The van der Waals surface area contributed by atoms with Gasteiger partial charge in [-0.05, 0) is 46.7 Å². The van der Waals surface area contributed by atoms with Crippen LogP contribution in [0.5, 0.6) is 5.75 Å². The van der Waals surface area contributed by atoms with E-state index in [2.05, 4.69) is 46.9 Å². The van der Waals surface area contributed by atoms with Gasteiger partial charge in [0.2, 0.25) is 0 Å². The maximum absolute atomic E-state index is 12.1. The van der Waals surface area contributed by atoms with E-state index in [1.165, 1.54) is 0 Å². The van der Waals surface area contributed by atoms with Crippen molar-refractivity contribution in [1.82, 2.24) is 5.32 Å². The average molecular weight is 351 g/mol. The molecule has 0 bridgehead atoms. The third-order valence-corrected chi connectivity index (χ3v) is 4.27. The van der Waals surface area contributed by atoms with Gasteiger partial charge in [-0.3, -0.25) is 4.79 Å². The van der Waals surface area contributed by atoms with Crippen molar-refractivity contribution in [2.75, 3.05) is 0 Å². The van der Waals surface area contributed by atoms with Gasteiger partial charge in [0.25, 0.3) is 5.91 Å². The topological polar surface area (TPSA) is 49.3 Å². The second-order valence-corrected chi connectivity index (χ2v) is 8.64. The van der Waals surface area contributed by atoms with E-state index in [1.54, 1.807) is 18.3 Å². The summed E-state index contributed by atoms with van der Waals surface area (Å²) in [6, 6.07) is 13.1. The second-order valence-electron chi connectivity index (χ2n) is 8.64. The van der Waals surface area contributed by atoms with Crippen LogP contribution < -0.4 is 5.32 Å². The van der Waals surface area contributed by atoms with Crippen molar-refractivity contribution in [3.05, 3.63) is 70.9 Å². The van der Waals surface area contributed by atoms with Crippen LogP contribution in [0.3, 0.4) is 0 Å². The summed E-state index contributed by atoms with van der Waals surface area (Å²) < 4.78 is 0. The molecule has 0 aliphatic rings. The molecule has 26 heavy (non-hydrogen) atoms. The van der Waals surface area contributed by atoms with Crippen molar-refractivity contribution >= 4 is 12.0 Å². The summed E-state index contributed by atoms with van der Waals surface area (Å²) in [5.74, 6) is 0.211. The number of carbonyl (C=O) groups excluding carboxylic acids is 1. The molecule has 2 aromatic rings. The maximum atomic E-state index is 12.1. The lowest BCUT2D eigenvalue weighted by atomic mass is 9.78. The monoisotopic (exact) mass is 351 g/mol. The van der Waals surface area contributed by atoms with Crippen LogP contribution in [0.1, 0.15) is 68.6 Å². The summed E-state index contributed by atoms with van der Waals surface area (Å²) in [5.41, 5.74) is 3.01. The van der Waals surface area contributed by atoms with Gasteiger partial charge >= 0.3 is 0 Å². The Labute approximate surface area is 156 Å². The van der Waals surface area contributed by atoms with Crippen LogP contribution in [0.25, 0.3) is 6.08 Å². The normalized spacial score (nSPS) is 12.4. The van der Waals surface area contributed by atoms with Crippen molar-refractivity contribution in [3.63, 3.8) is 0 Å². The zero-order valence-corrected chi connectivity index (χ0v) is 16.6. The van der Waals surface area contributed by atoms with Gasteiger partial charge < -0.3 is 10.4 Å². The minimum Gasteiger partial charge on any atom is -0.507 e. The summed E-state index contributed by atoms with van der Waals surface area (Å²) >= 11 is 0. The number of aromatic hydroxyl groups is 1. The predicted molar refractivity (Wildman–Crippen MR) is 108 cm³/mol. The molecule has 1 amide bonds. The van der Waals surface area contributed by atoms with Crippen molar-refractivity contribution in [2.45, 2.75) is 52.4 Å². The van der Waals surface area contributed by atoms with E-state index < -0.39 is 0 Å². The quantitative estimate of drug-likeness (QED) is 0.779. The smallest absolute Gasteiger partial charge is 0.255 e. The van der Waals surface area contributed by atoms with Crippen LogP contribution in [-0.4, -0.2) is 11.0 Å². The molecule has 2 rings (SSSR count). The molecule has 3 nitrogen and oxygen atoms in total. The molecule has 0 aliphatic heterocycles. The number of hydrogen-bond donors (Lipinski definition) is 2. The summed E-state index contributed by atoms with van der Waals surface area (Å²) in [6.45, 7) is 12.5. The molecule has 0 aliphatic carbocycles. The fraction of sp³-hybridized carbons (Fsp3) is 0.348. The lowest BCUT2D eigenvalue weighted by molar-refractivity contribution is 0.0970. The van der Waals surface area contributed by atoms with Crippen molar-refractivity contribution in [3.8, 4) is 5.75 Å². The first-order valence-corrected chi connectivity index (χ1v) is 8.90. The molecule has 138 valence electrons. The van der Waals surface area contributed by atoms with Crippen LogP contribution in [0.2, 0.25) is 0 Å². The number of phenols is 1. The van der Waals surface area contributed by atoms with Crippen molar-refractivity contribution in [1.29, 1.82) is 0 Å². The van der Waals surface area contributed by atoms with Gasteiger partial charge in [0.05, 0.1) is 0 Å². The zero-order chi connectivity index (χ0) is 19.5. The molecule has 3 heteroatoms. The van der Waals surface area contributed by atoms with E-state index in [0.29, 0.717) is 11.3 Å². The molecule has 0 aromatic heterocycles. The predicted octanol–water partition coefficient (Wildman–Crippen LogP) is 5.39. The molecule has 0 saturated heterocycles. The third-order valence-electron chi connectivity index (χ3n) is 4.27. The Morgan fingerprint density at radius 2 is 1.42 bits per heavy atom. The van der Waals surface area contributed by atoms with Gasteiger partial charge in [-0.15, -0.1) is 0 Å². The number of phenolic OH excluding ortho intramolecular Hbond substituents is 1. The standard InChI is InChI=1S/C23H29NO2/c1-22(2,3)18-14-16(15-19(20(18)25)23(4,5)6)12-13-24-21(26)17-10-8-7-9-11-17/h7-15,25H,1-6H3,(H,24,26)/b13-12+. The molecule has 2 N–H and O–H groups in total. The first kappa shape index (κ1) is 19.8. The van der Waals surface area contributed by atoms with Gasteiger partial charge in [0.1, 0.15) is 5.75 Å². The first-order chi connectivity index (χ1) is 12.0. The summed E-state index contributed by atoms with van der Waals surface area (Å²) in [7, 11) is 0. The second kappa shape index (κ2) is 7.36. The highest BCUT2D eigenvalue weighted by molar-refractivity contribution is 5.95. The Morgan fingerprint density at radius 3 is 1.88 bits per heavy atom. The number of nitrogens with one attached hydrogen (secondary N) is 1. The maximum Gasteiger partial charge on any atom is 0.255 e. The Bertz CT molecular complexity index is 771. The van der Waals surface area contributed by atoms with E-state index in [4.69, 9.17) is 0 Å². The van der Waals surface area contributed by atoms with Gasteiger partial charge in [0, 0.05) is 22.9 Å². The first-order valence-electron chi connectivity index (χ1n) is 8.90. The van der Waals surface area contributed by atoms with Crippen molar-refractivity contribution < 1.29 is 9.90 Å². The van der Waals surface area contributed by atoms with Crippen LogP contribution in [0, 0.1) is 0 Å². The Balaban J connectivity index is 2.33. The van der Waals surface area contributed by atoms with Gasteiger partial charge in [0.15, 0.2) is 0 Å². The highest BCUT2D eigenvalue weighted by atomic mass is 16.3. The largest absolute Gasteiger partial charge is 0.507 e. The minimum atomic E-state index is -0.179. The summed E-state index contributed by atoms with van der Waals surface area (Å²) in [4.78, 5) is 12.1. The molecule has 0 unspecified atom stereocenters. The highest BCUT2D eigenvalue weighted by Crippen LogP contribution is 2.39. The molecular weight excluding hydrogens is 322 g/mol. The van der Waals surface area contributed by atoms with E-state index in [1.807, 2.05) is 36.4 Å². The molecule has 0 radical (unpaired) electrons. The zero-order valence-electron chi connectivity index (χ0n) is 16.6. The number of carbonyl (C=O) groups is 1. The van der Waals surface area contributed by atoms with Crippen LogP contribution in [-0.2, 0) is 10.8 Å². The SMILES string of the molecule is CC(C)(C)c1cc(/C=C/NC(=O)c2ccccc2)cc(C(C)(C)C)c1O. The fourth-order valence-electron chi connectivity index (χ4n) is 2.78. The number of amides is 1. The minimum absolute atomic E-state index is 0.146. The van der Waals surface area contributed by atoms with Crippen molar-refractivity contribution in [2.24, 2.45) is 0 Å². The lowest BCUT2D eigenvalue weighted by Crippen LogP contribution is -2.18. The molecule has 0 atom stereocenters. The van der Waals surface area contributed by atoms with Gasteiger partial charge in [-0.1, -0.05) is 59.7 Å². The van der Waals surface area contributed by atoms with E-state index in [9.17, 15) is 9.90 Å². The molecule has 0 spiro atoms. The molecular formula is C23H29NO2. The van der Waals surface area contributed by atoms with Crippen LogP contribution >= 0.6 is 0 Å². The van der Waals surface area contributed by atoms with Gasteiger partial charge in [-0.25, -0.2) is 0 Å². The highest BCUT2D eigenvalue weighted by Gasteiger charge is 2.26. The molecule has 0 heterocycles. The van der Waals surface area contributed by atoms with E-state index >= 15 is 0 Å². The molecule has 2 aromatic carbocycles. The Kier molecular flexibility index (Phi) is 5.60. The van der Waals surface area contributed by atoms with Gasteiger partial charge in [-0.2, -0.15) is 0 Å². The lowest BCUT2D eigenvalue weighted by Gasteiger charge is -2.27. The fourth-order valence-corrected chi connectivity index (χ4v) is 2.78. The number of hydrogen-bond acceptors (Lipinski definition) is 2. The summed E-state index contributed by atoms with van der Waals surface area (Å²) in [5, 5.41) is 13.5. The van der Waals surface area contributed by atoms with Crippen LogP contribution in [0.15, 0.2) is 48.7 Å². The Hall–Kier alpha value is -2.55. The molecule has 0 fully saturated rings. The Morgan fingerprint density at radius 1 is 0.923 bits per heavy atom. The number of benzene rings is 2. The third kappa shape index (κ3) is 4.75. The van der Waals surface area contributed by atoms with E-state index in [-0.39, 0.29) is 16.7 Å². The number of rotatable bonds is 3. The summed E-state index contributed by atoms with van der Waals surface area (Å²) in [6.07, 6.45) is 3.52. The van der Waals surface area contributed by atoms with Crippen LogP contribution in [0.4, 0.5) is 0 Å². The average Bonchev–Trinajstić information content (AvgIpc) is 2.54. The van der Waals surface area contributed by atoms with E-state index in [0.717, 1.165) is 16.7 Å².